The molecule has 4 heterocycles. The number of hydrogen-bond donors (Lipinski definition) is 0. The number of fused-ring (bicyclic) bond motifs is 16. The Hall–Kier alpha value is -4.57. The summed E-state index contributed by atoms with van der Waals surface area (Å²) in [5.41, 5.74) is 14.9. The van der Waals surface area contributed by atoms with Crippen molar-refractivity contribution >= 4 is 38.6 Å². The molecule has 9 rings (SSSR count). The van der Waals surface area contributed by atoms with Gasteiger partial charge in [-0.2, -0.15) is 0 Å². The van der Waals surface area contributed by atoms with Crippen molar-refractivity contribution < 1.29 is 0 Å². The Morgan fingerprint density at radius 2 is 1.43 bits per heavy atom. The Balaban J connectivity index is 1.42. The molecule has 0 N–H and O–H groups in total. The van der Waals surface area contributed by atoms with Crippen LogP contribution in [0.3, 0.4) is 0 Å². The average Bonchev–Trinajstić information content (AvgIpc) is 3.59. The second-order valence-electron chi connectivity index (χ2n) is 9.64. The van der Waals surface area contributed by atoms with E-state index in [-0.39, 0.29) is 0 Å². The molecule has 4 heteroatoms. The zero-order valence-electron chi connectivity index (χ0n) is 18.8. The second kappa shape index (κ2) is 6.10. The Labute approximate surface area is 200 Å². The van der Waals surface area contributed by atoms with Crippen LogP contribution in [0.2, 0.25) is 0 Å². The van der Waals surface area contributed by atoms with Gasteiger partial charge in [-0.15, -0.1) is 0 Å². The van der Waals surface area contributed by atoms with Crippen LogP contribution in [0.4, 0.5) is 0 Å². The van der Waals surface area contributed by atoms with E-state index in [0.717, 1.165) is 40.7 Å². The van der Waals surface area contributed by atoms with Crippen LogP contribution in [0, 0.1) is 0 Å². The third kappa shape index (κ3) is 2.11. The maximum atomic E-state index is 4.97. The first-order valence-electron chi connectivity index (χ1n) is 12.1. The van der Waals surface area contributed by atoms with Crippen molar-refractivity contribution in [3.8, 4) is 22.3 Å². The van der Waals surface area contributed by atoms with Crippen LogP contribution in [-0.2, 0) is 12.8 Å². The summed E-state index contributed by atoms with van der Waals surface area (Å²) < 4.78 is 2.17. The van der Waals surface area contributed by atoms with Gasteiger partial charge in [0.25, 0.3) is 0 Å². The minimum absolute atomic E-state index is 0.755. The molecule has 0 bridgehead atoms. The summed E-state index contributed by atoms with van der Waals surface area (Å²) in [5, 5.41) is 3.59. The standard InChI is InChI=1S/C31H18N4/c1-2-6-19-17(5-1)15-18-9-10-20-21-11-12-23-28(25(21)16-24(20)27(18)19)22-7-3-14-33-30(22)35-26-8-4-13-32-29(26)34-31(23)35/h1-14H,15-16H2. The zero-order chi connectivity index (χ0) is 22.7. The number of imidazole rings is 1. The lowest BCUT2D eigenvalue weighted by atomic mass is 9.95. The third-order valence-corrected chi connectivity index (χ3v) is 7.96. The Morgan fingerprint density at radius 3 is 2.43 bits per heavy atom. The van der Waals surface area contributed by atoms with Crippen LogP contribution in [0.15, 0.2) is 85.2 Å². The molecule has 0 aliphatic heterocycles. The molecule has 0 saturated carbocycles. The molecule has 2 aliphatic rings. The van der Waals surface area contributed by atoms with Gasteiger partial charge >= 0.3 is 0 Å². The average molecular weight is 447 g/mol. The smallest absolute Gasteiger partial charge is 0.178 e. The highest BCUT2D eigenvalue weighted by Gasteiger charge is 2.30. The normalized spacial score (nSPS) is 13.5. The number of hydrogen-bond acceptors (Lipinski definition) is 3. The molecule has 0 saturated heterocycles. The van der Waals surface area contributed by atoms with E-state index in [0.29, 0.717) is 0 Å². The van der Waals surface area contributed by atoms with Crippen LogP contribution in [0.1, 0.15) is 22.3 Å². The summed E-state index contributed by atoms with van der Waals surface area (Å²) in [7, 11) is 0. The number of nitrogens with zero attached hydrogens (tertiary/aromatic N) is 4. The summed E-state index contributed by atoms with van der Waals surface area (Å²) in [6.45, 7) is 0. The summed E-state index contributed by atoms with van der Waals surface area (Å²) >= 11 is 0. The summed E-state index contributed by atoms with van der Waals surface area (Å²) in [4.78, 5) is 14.3. The number of aromatic nitrogens is 4. The Kier molecular flexibility index (Phi) is 3.11. The molecule has 0 radical (unpaired) electrons. The van der Waals surface area contributed by atoms with E-state index in [4.69, 9.17) is 9.97 Å². The monoisotopic (exact) mass is 446 g/mol. The largest absolute Gasteiger partial charge is 0.274 e. The van der Waals surface area contributed by atoms with Gasteiger partial charge in [0.15, 0.2) is 5.65 Å². The maximum absolute atomic E-state index is 4.97. The molecule has 0 spiro atoms. The van der Waals surface area contributed by atoms with Crippen molar-refractivity contribution in [3.63, 3.8) is 0 Å². The molecule has 2 aliphatic carbocycles. The molecule has 3 aromatic carbocycles. The quantitative estimate of drug-likeness (QED) is 0.243. The predicted molar refractivity (Wildman–Crippen MR) is 140 cm³/mol. The molecule has 0 fully saturated rings. The predicted octanol–water partition coefficient (Wildman–Crippen LogP) is 6.73. The molecule has 0 atom stereocenters. The fraction of sp³-hybridized carbons (Fsp3) is 0.0645. The number of pyridine rings is 3. The van der Waals surface area contributed by atoms with E-state index in [9.17, 15) is 0 Å². The minimum atomic E-state index is 0.755. The van der Waals surface area contributed by atoms with Gasteiger partial charge in [0.1, 0.15) is 11.3 Å². The summed E-state index contributed by atoms with van der Waals surface area (Å²) in [5.74, 6) is 0. The van der Waals surface area contributed by atoms with Gasteiger partial charge in [0, 0.05) is 28.6 Å². The molecule has 4 nitrogen and oxygen atoms in total. The van der Waals surface area contributed by atoms with Crippen LogP contribution in [0.25, 0.3) is 60.9 Å². The molecule has 0 amide bonds. The number of rotatable bonds is 0. The van der Waals surface area contributed by atoms with Gasteiger partial charge in [-0.1, -0.05) is 42.5 Å². The van der Waals surface area contributed by atoms with Crippen molar-refractivity contribution in [1.29, 1.82) is 0 Å². The van der Waals surface area contributed by atoms with Crippen molar-refractivity contribution in [1.82, 2.24) is 19.4 Å². The molecule has 7 aromatic rings. The van der Waals surface area contributed by atoms with Gasteiger partial charge < -0.3 is 0 Å². The topological polar surface area (TPSA) is 43.1 Å². The van der Waals surface area contributed by atoms with Crippen LogP contribution < -0.4 is 0 Å². The van der Waals surface area contributed by atoms with Crippen LogP contribution in [0.5, 0.6) is 0 Å². The van der Waals surface area contributed by atoms with Gasteiger partial charge in [-0.3, -0.25) is 4.40 Å². The first-order valence-corrected chi connectivity index (χ1v) is 12.1. The highest BCUT2D eigenvalue weighted by atomic mass is 15.1. The fourth-order valence-corrected chi connectivity index (χ4v) is 6.57. The second-order valence-corrected chi connectivity index (χ2v) is 9.64. The maximum Gasteiger partial charge on any atom is 0.178 e. The molecule has 0 unspecified atom stereocenters. The lowest BCUT2D eigenvalue weighted by Crippen LogP contribution is -1.96. The third-order valence-electron chi connectivity index (χ3n) is 7.96. The van der Waals surface area contributed by atoms with Crippen molar-refractivity contribution in [2.75, 3.05) is 0 Å². The zero-order valence-corrected chi connectivity index (χ0v) is 18.8. The Morgan fingerprint density at radius 1 is 0.600 bits per heavy atom. The van der Waals surface area contributed by atoms with Crippen molar-refractivity contribution in [3.05, 3.63) is 107 Å². The van der Waals surface area contributed by atoms with E-state index in [1.165, 1.54) is 55.3 Å². The molecular formula is C31H18N4. The van der Waals surface area contributed by atoms with Gasteiger partial charge in [0.05, 0.1) is 5.52 Å². The van der Waals surface area contributed by atoms with Gasteiger partial charge in [-0.25, -0.2) is 15.0 Å². The van der Waals surface area contributed by atoms with E-state index in [1.807, 2.05) is 18.3 Å². The van der Waals surface area contributed by atoms with Crippen molar-refractivity contribution in [2.24, 2.45) is 0 Å². The van der Waals surface area contributed by atoms with Gasteiger partial charge in [0.2, 0.25) is 0 Å². The molecule has 35 heavy (non-hydrogen) atoms. The van der Waals surface area contributed by atoms with E-state index in [2.05, 4.69) is 70.0 Å². The van der Waals surface area contributed by atoms with Gasteiger partial charge in [-0.05, 0) is 87.7 Å². The van der Waals surface area contributed by atoms with E-state index >= 15 is 0 Å². The minimum Gasteiger partial charge on any atom is -0.274 e. The molecule has 162 valence electrons. The van der Waals surface area contributed by atoms with E-state index < -0.39 is 0 Å². The first kappa shape index (κ1) is 17.8. The highest BCUT2D eigenvalue weighted by Crippen LogP contribution is 2.50. The molecule has 4 aromatic heterocycles. The van der Waals surface area contributed by atoms with E-state index in [1.54, 1.807) is 6.20 Å². The molecular weight excluding hydrogens is 428 g/mol. The fourth-order valence-electron chi connectivity index (χ4n) is 6.57. The SMILES string of the molecule is c1ccc2c(c1)Cc1ccc3c(c1-2)Cc1c-3ccc2c1c1cccnc1n1c3cccnc3nc21. The Bertz CT molecular complexity index is 2070. The van der Waals surface area contributed by atoms with Crippen molar-refractivity contribution in [2.45, 2.75) is 12.8 Å². The number of benzene rings is 3. The summed E-state index contributed by atoms with van der Waals surface area (Å²) in [6.07, 6.45) is 5.63. The highest BCUT2D eigenvalue weighted by molar-refractivity contribution is 6.16. The lowest BCUT2D eigenvalue weighted by Gasteiger charge is -2.12. The summed E-state index contributed by atoms with van der Waals surface area (Å²) in [6, 6.07) is 26.4. The van der Waals surface area contributed by atoms with Crippen LogP contribution >= 0.6 is 0 Å². The van der Waals surface area contributed by atoms with Crippen LogP contribution in [-0.4, -0.2) is 19.4 Å². The first-order chi connectivity index (χ1) is 17.4. The lowest BCUT2D eigenvalue weighted by molar-refractivity contribution is 1.22.